The van der Waals surface area contributed by atoms with Crippen LogP contribution in [-0.2, 0) is 9.59 Å². The minimum Gasteiger partial charge on any atom is -0.496 e. The van der Waals surface area contributed by atoms with Crippen LogP contribution in [0.1, 0.15) is 37.2 Å². The number of ether oxygens (including phenoxy) is 3. The normalized spacial score (nSPS) is 18.9. The SMILES string of the molecule is COc1cc(OC)c([C@H]2CC(=O)N(c3ccccc3)C3=C2C(=O)CCC3)cc1OC. The summed E-state index contributed by atoms with van der Waals surface area (Å²) in [6.45, 7) is 0. The first-order valence-electron chi connectivity index (χ1n) is 10.0. The number of carbonyl (C=O) groups excluding carboxylic acids is 2. The van der Waals surface area contributed by atoms with E-state index in [1.165, 1.54) is 0 Å². The Hall–Kier alpha value is -3.28. The van der Waals surface area contributed by atoms with E-state index in [2.05, 4.69) is 0 Å². The molecule has 6 nitrogen and oxygen atoms in total. The van der Waals surface area contributed by atoms with E-state index in [1.807, 2.05) is 36.4 Å². The number of hydrogen-bond acceptors (Lipinski definition) is 5. The molecule has 0 spiro atoms. The number of amides is 1. The third kappa shape index (κ3) is 3.32. The minimum absolute atomic E-state index is 0.0310. The van der Waals surface area contributed by atoms with E-state index in [0.29, 0.717) is 35.7 Å². The molecule has 1 heterocycles. The van der Waals surface area contributed by atoms with Crippen molar-refractivity contribution in [3.05, 3.63) is 59.3 Å². The van der Waals surface area contributed by atoms with Crippen molar-refractivity contribution in [1.29, 1.82) is 0 Å². The molecule has 2 aromatic rings. The molecule has 0 fully saturated rings. The van der Waals surface area contributed by atoms with E-state index >= 15 is 0 Å². The van der Waals surface area contributed by atoms with Gasteiger partial charge < -0.3 is 14.2 Å². The minimum atomic E-state index is -0.380. The summed E-state index contributed by atoms with van der Waals surface area (Å²) in [5.74, 6) is 1.33. The summed E-state index contributed by atoms with van der Waals surface area (Å²) in [5, 5.41) is 0. The molecule has 0 saturated carbocycles. The second-order valence-corrected chi connectivity index (χ2v) is 7.41. The van der Waals surface area contributed by atoms with Gasteiger partial charge in [-0.25, -0.2) is 0 Å². The van der Waals surface area contributed by atoms with E-state index < -0.39 is 0 Å². The van der Waals surface area contributed by atoms with Crippen molar-refractivity contribution in [2.75, 3.05) is 26.2 Å². The van der Waals surface area contributed by atoms with Crippen molar-refractivity contribution in [2.24, 2.45) is 0 Å². The first-order chi connectivity index (χ1) is 14.6. The zero-order valence-corrected chi connectivity index (χ0v) is 17.4. The Morgan fingerprint density at radius 1 is 0.867 bits per heavy atom. The quantitative estimate of drug-likeness (QED) is 0.742. The maximum absolute atomic E-state index is 13.3. The fraction of sp³-hybridized carbons (Fsp3) is 0.333. The zero-order chi connectivity index (χ0) is 21.3. The van der Waals surface area contributed by atoms with E-state index in [-0.39, 0.29) is 24.0 Å². The number of benzene rings is 2. The highest BCUT2D eigenvalue weighted by Gasteiger charge is 2.41. The lowest BCUT2D eigenvalue weighted by atomic mass is 9.76. The number of anilines is 1. The largest absolute Gasteiger partial charge is 0.496 e. The van der Waals surface area contributed by atoms with Gasteiger partial charge in [0.15, 0.2) is 17.3 Å². The maximum Gasteiger partial charge on any atom is 0.232 e. The highest BCUT2D eigenvalue weighted by molar-refractivity contribution is 6.07. The Morgan fingerprint density at radius 3 is 2.20 bits per heavy atom. The van der Waals surface area contributed by atoms with Crippen LogP contribution in [0.2, 0.25) is 0 Å². The van der Waals surface area contributed by atoms with Crippen molar-refractivity contribution in [3.63, 3.8) is 0 Å². The molecular weight excluding hydrogens is 382 g/mol. The predicted molar refractivity (Wildman–Crippen MR) is 113 cm³/mol. The molecule has 0 bridgehead atoms. The van der Waals surface area contributed by atoms with E-state index in [1.54, 1.807) is 32.3 Å². The number of carbonyl (C=O) groups is 2. The number of Topliss-reactive ketones (excluding diaryl/α,β-unsaturated/α-hetero) is 1. The summed E-state index contributed by atoms with van der Waals surface area (Å²) in [6, 6.07) is 13.1. The van der Waals surface area contributed by atoms with Crippen LogP contribution in [-0.4, -0.2) is 33.0 Å². The van der Waals surface area contributed by atoms with Gasteiger partial charge in [0.2, 0.25) is 5.91 Å². The Balaban J connectivity index is 1.90. The molecule has 0 radical (unpaired) electrons. The summed E-state index contributed by atoms with van der Waals surface area (Å²) in [7, 11) is 4.70. The van der Waals surface area contributed by atoms with Gasteiger partial charge in [-0.2, -0.15) is 0 Å². The van der Waals surface area contributed by atoms with Crippen LogP contribution >= 0.6 is 0 Å². The van der Waals surface area contributed by atoms with E-state index in [9.17, 15) is 9.59 Å². The maximum atomic E-state index is 13.3. The second-order valence-electron chi connectivity index (χ2n) is 7.41. The van der Waals surface area contributed by atoms with Crippen molar-refractivity contribution in [1.82, 2.24) is 0 Å². The van der Waals surface area contributed by atoms with E-state index in [0.717, 1.165) is 23.4 Å². The van der Waals surface area contributed by atoms with Crippen LogP contribution in [0.4, 0.5) is 5.69 Å². The molecule has 1 aliphatic heterocycles. The average molecular weight is 407 g/mol. The number of nitrogens with zero attached hydrogens (tertiary/aromatic N) is 1. The fourth-order valence-corrected chi connectivity index (χ4v) is 4.46. The van der Waals surface area contributed by atoms with E-state index in [4.69, 9.17) is 14.2 Å². The average Bonchev–Trinajstić information content (AvgIpc) is 2.78. The van der Waals surface area contributed by atoms with Gasteiger partial charge in [0, 0.05) is 47.3 Å². The van der Waals surface area contributed by atoms with Crippen molar-refractivity contribution >= 4 is 17.4 Å². The smallest absolute Gasteiger partial charge is 0.232 e. The molecule has 4 rings (SSSR count). The molecule has 156 valence electrons. The fourth-order valence-electron chi connectivity index (χ4n) is 4.46. The zero-order valence-electron chi connectivity index (χ0n) is 17.4. The third-order valence-electron chi connectivity index (χ3n) is 5.80. The lowest BCUT2D eigenvalue weighted by molar-refractivity contribution is -0.119. The van der Waals surface area contributed by atoms with Crippen LogP contribution in [0.5, 0.6) is 17.2 Å². The lowest BCUT2D eigenvalue weighted by Crippen LogP contribution is -2.40. The molecule has 0 unspecified atom stereocenters. The standard InChI is InChI=1S/C24H25NO5/c1-28-20-14-22(30-3)21(29-2)12-16(20)17-13-23(27)25(15-8-5-4-6-9-15)18-10-7-11-19(26)24(17)18/h4-6,8-9,12,14,17H,7,10-11,13H2,1-3H3/t17-/m1/s1. The molecule has 2 aromatic carbocycles. The summed E-state index contributed by atoms with van der Waals surface area (Å²) in [5.41, 5.74) is 3.06. The van der Waals surface area contributed by atoms with Crippen molar-refractivity contribution < 1.29 is 23.8 Å². The second kappa shape index (κ2) is 8.22. The van der Waals surface area contributed by atoms with Gasteiger partial charge in [0.25, 0.3) is 0 Å². The highest BCUT2D eigenvalue weighted by Crippen LogP contribution is 2.47. The molecule has 0 aromatic heterocycles. The number of allylic oxidation sites excluding steroid dienone is 2. The van der Waals surface area contributed by atoms with Gasteiger partial charge in [-0.1, -0.05) is 18.2 Å². The number of para-hydroxylation sites is 1. The predicted octanol–water partition coefficient (Wildman–Crippen LogP) is 4.24. The molecule has 1 atom stereocenters. The Morgan fingerprint density at radius 2 is 1.53 bits per heavy atom. The Labute approximate surface area is 176 Å². The van der Waals surface area contributed by atoms with Gasteiger partial charge in [0.1, 0.15) is 5.75 Å². The molecule has 30 heavy (non-hydrogen) atoms. The highest BCUT2D eigenvalue weighted by atomic mass is 16.5. The summed E-state index contributed by atoms with van der Waals surface area (Å²) < 4.78 is 16.5. The van der Waals surface area contributed by atoms with Crippen LogP contribution in [0.25, 0.3) is 0 Å². The summed E-state index contributed by atoms with van der Waals surface area (Å²) in [6.07, 6.45) is 2.10. The Bertz CT molecular complexity index is 1010. The van der Waals surface area contributed by atoms with Gasteiger partial charge in [-0.3, -0.25) is 14.5 Å². The molecule has 1 amide bonds. The number of hydrogen-bond donors (Lipinski definition) is 0. The molecule has 0 saturated heterocycles. The molecule has 2 aliphatic rings. The van der Waals surface area contributed by atoms with Crippen molar-refractivity contribution in [2.45, 2.75) is 31.6 Å². The monoisotopic (exact) mass is 407 g/mol. The number of methoxy groups -OCH3 is 3. The van der Waals surface area contributed by atoms with Crippen LogP contribution in [0.3, 0.4) is 0 Å². The van der Waals surface area contributed by atoms with Crippen LogP contribution in [0, 0.1) is 0 Å². The first kappa shape index (κ1) is 20.0. The van der Waals surface area contributed by atoms with Crippen molar-refractivity contribution in [3.8, 4) is 17.2 Å². The van der Waals surface area contributed by atoms with Crippen LogP contribution in [0.15, 0.2) is 53.7 Å². The third-order valence-corrected chi connectivity index (χ3v) is 5.80. The molecule has 0 N–H and O–H groups in total. The lowest BCUT2D eigenvalue weighted by Gasteiger charge is -2.38. The summed E-state index contributed by atoms with van der Waals surface area (Å²) in [4.78, 5) is 28.1. The molecular formula is C24H25NO5. The van der Waals surface area contributed by atoms with Gasteiger partial charge in [-0.15, -0.1) is 0 Å². The van der Waals surface area contributed by atoms with Gasteiger partial charge in [-0.05, 0) is 31.0 Å². The van der Waals surface area contributed by atoms with Gasteiger partial charge >= 0.3 is 0 Å². The Kier molecular flexibility index (Phi) is 5.48. The topological polar surface area (TPSA) is 65.1 Å². The number of ketones is 1. The first-order valence-corrected chi connectivity index (χ1v) is 10.0. The number of rotatable bonds is 5. The van der Waals surface area contributed by atoms with Gasteiger partial charge in [0.05, 0.1) is 21.3 Å². The summed E-state index contributed by atoms with van der Waals surface area (Å²) >= 11 is 0. The molecule has 1 aliphatic carbocycles. The molecule has 6 heteroatoms. The van der Waals surface area contributed by atoms with Crippen LogP contribution < -0.4 is 19.1 Å².